The highest BCUT2D eigenvalue weighted by atomic mass is 15.0. The van der Waals surface area contributed by atoms with Gasteiger partial charge in [-0.15, -0.1) is 0 Å². The van der Waals surface area contributed by atoms with Gasteiger partial charge in [0.05, 0.1) is 5.82 Å². The lowest BCUT2D eigenvalue weighted by Crippen LogP contribution is -2.11. The van der Waals surface area contributed by atoms with Crippen LogP contribution in [0.4, 0.5) is 5.69 Å². The number of rotatable bonds is 3. The first-order valence-corrected chi connectivity index (χ1v) is 3.75. The van der Waals surface area contributed by atoms with Crippen LogP contribution in [0.2, 0.25) is 0 Å². The molecule has 0 atom stereocenters. The van der Waals surface area contributed by atoms with Gasteiger partial charge in [0, 0.05) is 11.3 Å². The quantitative estimate of drug-likeness (QED) is 0.406. The Hall–Kier alpha value is -1.97. The van der Waals surface area contributed by atoms with E-state index in [1.807, 2.05) is 0 Å². The second-order valence-electron chi connectivity index (χ2n) is 2.64. The van der Waals surface area contributed by atoms with Crippen LogP contribution in [0, 0.1) is 5.41 Å². The monoisotopic (exact) mass is 176 g/mol. The first-order valence-electron chi connectivity index (χ1n) is 3.75. The van der Waals surface area contributed by atoms with Crippen LogP contribution in [0.5, 0.6) is 0 Å². The third kappa shape index (κ3) is 2.52. The molecule has 6 N–H and O–H groups in total. The lowest BCUT2D eigenvalue weighted by molar-refractivity contribution is 1.33. The van der Waals surface area contributed by atoms with Crippen LogP contribution >= 0.6 is 0 Å². The molecule has 0 heterocycles. The zero-order valence-corrected chi connectivity index (χ0v) is 7.17. The van der Waals surface area contributed by atoms with E-state index in [1.54, 1.807) is 24.3 Å². The van der Waals surface area contributed by atoms with Gasteiger partial charge in [0.25, 0.3) is 0 Å². The molecule has 4 nitrogen and oxygen atoms in total. The molecule has 1 aromatic carbocycles. The van der Waals surface area contributed by atoms with Gasteiger partial charge in [-0.3, -0.25) is 5.41 Å². The number of hydrogen-bond donors (Lipinski definition) is 4. The fourth-order valence-corrected chi connectivity index (χ4v) is 0.919. The normalized spacial score (nSPS) is 9.23. The van der Waals surface area contributed by atoms with Crippen LogP contribution in [0.1, 0.15) is 5.56 Å². The summed E-state index contributed by atoms with van der Waals surface area (Å²) in [5.74, 6) is 0.439. The summed E-state index contributed by atoms with van der Waals surface area (Å²) in [6.45, 7) is 3.51. The molecule has 0 saturated carbocycles. The average molecular weight is 176 g/mol. The van der Waals surface area contributed by atoms with E-state index in [4.69, 9.17) is 16.9 Å². The van der Waals surface area contributed by atoms with Crippen LogP contribution < -0.4 is 16.8 Å². The molecular formula is C9H12N4. The van der Waals surface area contributed by atoms with Crippen molar-refractivity contribution >= 4 is 11.5 Å². The molecule has 0 spiro atoms. The summed E-state index contributed by atoms with van der Waals surface area (Å²) in [5, 5.41) is 10.0. The van der Waals surface area contributed by atoms with Crippen LogP contribution in [0.25, 0.3) is 0 Å². The molecule has 0 aliphatic rings. The highest BCUT2D eigenvalue weighted by molar-refractivity contribution is 5.95. The molecule has 0 saturated heterocycles. The van der Waals surface area contributed by atoms with Gasteiger partial charge >= 0.3 is 0 Å². The topological polar surface area (TPSA) is 87.9 Å². The molecule has 0 amide bonds. The number of anilines is 1. The van der Waals surface area contributed by atoms with Gasteiger partial charge in [0.2, 0.25) is 0 Å². The third-order valence-electron chi connectivity index (χ3n) is 1.50. The lowest BCUT2D eigenvalue weighted by atomic mass is 10.2. The van der Waals surface area contributed by atoms with Crippen LogP contribution in [-0.2, 0) is 0 Å². The van der Waals surface area contributed by atoms with Crippen molar-refractivity contribution in [2.45, 2.75) is 0 Å². The van der Waals surface area contributed by atoms with Crippen molar-refractivity contribution in [1.29, 1.82) is 5.41 Å². The van der Waals surface area contributed by atoms with Gasteiger partial charge in [-0.25, -0.2) is 0 Å². The van der Waals surface area contributed by atoms with E-state index in [2.05, 4.69) is 11.9 Å². The van der Waals surface area contributed by atoms with E-state index < -0.39 is 0 Å². The standard InChI is InChI=1S/C9H12N4/c1-6(10)13-8-4-2-7(3-5-8)9(11)12/h2-5,13H,1,10H2,(H3,11,12). The number of amidine groups is 1. The van der Waals surface area contributed by atoms with Crippen LogP contribution in [0.3, 0.4) is 0 Å². The molecule has 0 aliphatic heterocycles. The number of nitrogens with two attached hydrogens (primary N) is 2. The maximum absolute atomic E-state index is 7.16. The Kier molecular flexibility index (Phi) is 2.54. The Morgan fingerprint density at radius 1 is 1.23 bits per heavy atom. The van der Waals surface area contributed by atoms with E-state index in [0.717, 1.165) is 5.69 Å². The van der Waals surface area contributed by atoms with Crippen molar-refractivity contribution in [3.05, 3.63) is 42.2 Å². The number of benzene rings is 1. The second kappa shape index (κ2) is 3.62. The Bertz CT molecular complexity index is 326. The minimum Gasteiger partial charge on any atom is -0.386 e. The molecule has 0 aromatic heterocycles. The zero-order chi connectivity index (χ0) is 9.84. The first-order chi connectivity index (χ1) is 6.09. The Labute approximate surface area is 76.8 Å². The maximum Gasteiger partial charge on any atom is 0.122 e. The molecule has 0 unspecified atom stereocenters. The van der Waals surface area contributed by atoms with E-state index >= 15 is 0 Å². The van der Waals surface area contributed by atoms with Gasteiger partial charge in [-0.2, -0.15) is 0 Å². The minimum absolute atomic E-state index is 0.0538. The van der Waals surface area contributed by atoms with E-state index in [0.29, 0.717) is 11.4 Å². The summed E-state index contributed by atoms with van der Waals surface area (Å²) in [4.78, 5) is 0. The second-order valence-corrected chi connectivity index (χ2v) is 2.64. The molecule has 1 rings (SSSR count). The summed E-state index contributed by atoms with van der Waals surface area (Å²) < 4.78 is 0. The first kappa shape index (κ1) is 9.12. The van der Waals surface area contributed by atoms with Crippen molar-refractivity contribution in [1.82, 2.24) is 0 Å². The summed E-state index contributed by atoms with van der Waals surface area (Å²) in [5.41, 5.74) is 12.2. The molecule has 0 bridgehead atoms. The molecule has 0 aliphatic carbocycles. The Morgan fingerprint density at radius 2 is 1.77 bits per heavy atom. The molecule has 13 heavy (non-hydrogen) atoms. The molecular weight excluding hydrogens is 164 g/mol. The third-order valence-corrected chi connectivity index (χ3v) is 1.50. The van der Waals surface area contributed by atoms with Crippen molar-refractivity contribution in [2.75, 3.05) is 5.32 Å². The lowest BCUT2D eigenvalue weighted by Gasteiger charge is -2.05. The fourth-order valence-electron chi connectivity index (χ4n) is 0.919. The molecule has 0 fully saturated rings. The van der Waals surface area contributed by atoms with E-state index in [9.17, 15) is 0 Å². The number of nitrogen functional groups attached to an aromatic ring is 1. The highest BCUT2D eigenvalue weighted by Gasteiger charge is 1.95. The number of nitrogens with one attached hydrogen (secondary N) is 2. The van der Waals surface area contributed by atoms with E-state index in [-0.39, 0.29) is 5.84 Å². The van der Waals surface area contributed by atoms with Crippen molar-refractivity contribution in [3.63, 3.8) is 0 Å². The Balaban J connectivity index is 2.81. The summed E-state index contributed by atoms with van der Waals surface area (Å²) >= 11 is 0. The smallest absolute Gasteiger partial charge is 0.122 e. The summed E-state index contributed by atoms with van der Waals surface area (Å²) in [6.07, 6.45) is 0. The zero-order valence-electron chi connectivity index (χ0n) is 7.17. The van der Waals surface area contributed by atoms with Crippen molar-refractivity contribution in [3.8, 4) is 0 Å². The van der Waals surface area contributed by atoms with Crippen molar-refractivity contribution in [2.24, 2.45) is 11.5 Å². The summed E-state index contributed by atoms with van der Waals surface area (Å²) in [6, 6.07) is 7.06. The SMILES string of the molecule is C=C(N)Nc1ccc(C(=N)N)cc1. The van der Waals surface area contributed by atoms with Gasteiger partial charge in [-0.1, -0.05) is 6.58 Å². The maximum atomic E-state index is 7.16. The summed E-state index contributed by atoms with van der Waals surface area (Å²) in [7, 11) is 0. The molecule has 1 aromatic rings. The highest BCUT2D eigenvalue weighted by Crippen LogP contribution is 2.09. The number of hydrogen-bond acceptors (Lipinski definition) is 3. The predicted octanol–water partition coefficient (Wildman–Crippen LogP) is 0.812. The molecule has 68 valence electrons. The van der Waals surface area contributed by atoms with Crippen molar-refractivity contribution < 1.29 is 0 Å². The van der Waals surface area contributed by atoms with Crippen LogP contribution in [0.15, 0.2) is 36.7 Å². The average Bonchev–Trinajstić information content (AvgIpc) is 2.04. The van der Waals surface area contributed by atoms with Gasteiger partial charge in [0.15, 0.2) is 0 Å². The largest absolute Gasteiger partial charge is 0.386 e. The molecule has 0 radical (unpaired) electrons. The predicted molar refractivity (Wildman–Crippen MR) is 54.4 cm³/mol. The fraction of sp³-hybridized carbons (Fsp3) is 0. The minimum atomic E-state index is 0.0538. The Morgan fingerprint density at radius 3 is 2.15 bits per heavy atom. The van der Waals surface area contributed by atoms with Gasteiger partial charge in [0.1, 0.15) is 5.84 Å². The van der Waals surface area contributed by atoms with Gasteiger partial charge in [-0.05, 0) is 24.3 Å². The van der Waals surface area contributed by atoms with E-state index in [1.165, 1.54) is 0 Å². The van der Waals surface area contributed by atoms with Gasteiger partial charge < -0.3 is 16.8 Å². The van der Waals surface area contributed by atoms with Crippen LogP contribution in [-0.4, -0.2) is 5.84 Å². The molecule has 4 heteroatoms.